The standard InChI is InChI=1S/C11H4Cl4FN/c12-7-4-9(14)8(13)3-6(7)5-1-2-17-11(15)10(5)16/h1-4H. The first-order valence-electron chi connectivity index (χ1n) is 4.45. The zero-order valence-electron chi connectivity index (χ0n) is 8.15. The maximum absolute atomic E-state index is 13.8. The van der Waals surface area contributed by atoms with E-state index in [4.69, 9.17) is 46.4 Å². The second-order valence-electron chi connectivity index (χ2n) is 3.21. The lowest BCUT2D eigenvalue weighted by atomic mass is 10.1. The summed E-state index contributed by atoms with van der Waals surface area (Å²) in [4.78, 5) is 3.62. The second-order valence-corrected chi connectivity index (χ2v) is 4.79. The molecule has 0 aliphatic heterocycles. The van der Waals surface area contributed by atoms with Crippen molar-refractivity contribution in [2.24, 2.45) is 0 Å². The Balaban J connectivity index is 2.69. The molecule has 1 nitrogen and oxygen atoms in total. The minimum atomic E-state index is -0.644. The van der Waals surface area contributed by atoms with Crippen molar-refractivity contribution in [1.29, 1.82) is 0 Å². The molecule has 1 aromatic heterocycles. The third-order valence-corrected chi connectivity index (χ3v) is 3.45. The fourth-order valence-electron chi connectivity index (χ4n) is 1.36. The minimum absolute atomic E-state index is 0.218. The SMILES string of the molecule is Fc1c(-c2cc(Cl)c(Cl)cc2Cl)ccnc1Cl. The van der Waals surface area contributed by atoms with Gasteiger partial charge in [0, 0.05) is 17.3 Å². The van der Waals surface area contributed by atoms with Gasteiger partial charge in [0.2, 0.25) is 0 Å². The number of hydrogen-bond acceptors (Lipinski definition) is 1. The van der Waals surface area contributed by atoms with Crippen molar-refractivity contribution in [3.8, 4) is 11.1 Å². The van der Waals surface area contributed by atoms with Gasteiger partial charge in [-0.15, -0.1) is 0 Å². The summed E-state index contributed by atoms with van der Waals surface area (Å²) >= 11 is 23.2. The molecule has 17 heavy (non-hydrogen) atoms. The zero-order chi connectivity index (χ0) is 12.6. The molecule has 2 aromatic rings. The molecule has 0 N–H and O–H groups in total. The maximum atomic E-state index is 13.8. The van der Waals surface area contributed by atoms with Gasteiger partial charge in [0.1, 0.15) is 0 Å². The van der Waals surface area contributed by atoms with E-state index in [1.54, 1.807) is 0 Å². The number of nitrogens with zero attached hydrogens (tertiary/aromatic N) is 1. The summed E-state index contributed by atoms with van der Waals surface area (Å²) in [6.07, 6.45) is 1.39. The van der Waals surface area contributed by atoms with Crippen LogP contribution >= 0.6 is 46.4 Å². The Kier molecular flexibility index (Phi) is 3.79. The van der Waals surface area contributed by atoms with E-state index in [0.29, 0.717) is 20.6 Å². The van der Waals surface area contributed by atoms with Crippen molar-refractivity contribution in [2.75, 3.05) is 0 Å². The van der Waals surface area contributed by atoms with Gasteiger partial charge in [-0.25, -0.2) is 9.37 Å². The Morgan fingerprint density at radius 1 is 0.882 bits per heavy atom. The van der Waals surface area contributed by atoms with Crippen molar-refractivity contribution in [3.63, 3.8) is 0 Å². The zero-order valence-corrected chi connectivity index (χ0v) is 11.2. The van der Waals surface area contributed by atoms with Crippen LogP contribution in [0.1, 0.15) is 0 Å². The Hall–Kier alpha value is -0.540. The van der Waals surface area contributed by atoms with E-state index in [1.165, 1.54) is 24.4 Å². The Morgan fingerprint density at radius 2 is 1.53 bits per heavy atom. The van der Waals surface area contributed by atoms with Gasteiger partial charge < -0.3 is 0 Å². The molecule has 0 unspecified atom stereocenters. The monoisotopic (exact) mass is 309 g/mol. The molecular formula is C11H4Cl4FN. The fourth-order valence-corrected chi connectivity index (χ4v) is 2.16. The van der Waals surface area contributed by atoms with E-state index in [1.807, 2.05) is 0 Å². The molecule has 0 saturated heterocycles. The number of hydrogen-bond donors (Lipinski definition) is 0. The largest absolute Gasteiger partial charge is 0.242 e. The quantitative estimate of drug-likeness (QED) is 0.500. The number of halogens is 5. The van der Waals surface area contributed by atoms with Crippen LogP contribution in [0.15, 0.2) is 24.4 Å². The molecule has 0 bridgehead atoms. The average molecular weight is 311 g/mol. The van der Waals surface area contributed by atoms with Crippen molar-refractivity contribution < 1.29 is 4.39 Å². The molecular weight excluding hydrogens is 307 g/mol. The summed E-state index contributed by atoms with van der Waals surface area (Å²) in [5.41, 5.74) is 0.649. The number of benzene rings is 1. The van der Waals surface area contributed by atoms with Crippen LogP contribution in [0.4, 0.5) is 4.39 Å². The molecule has 0 aliphatic carbocycles. The smallest absolute Gasteiger partial charge is 0.168 e. The number of aromatic nitrogens is 1. The lowest BCUT2D eigenvalue weighted by molar-refractivity contribution is 0.625. The Morgan fingerprint density at radius 3 is 2.24 bits per heavy atom. The summed E-state index contributed by atoms with van der Waals surface area (Å²) in [7, 11) is 0. The molecule has 88 valence electrons. The molecule has 0 atom stereocenters. The third kappa shape index (κ3) is 2.50. The Bertz CT molecular complexity index is 586. The van der Waals surface area contributed by atoms with Crippen LogP contribution in [0, 0.1) is 5.82 Å². The van der Waals surface area contributed by atoms with Crippen LogP contribution in [-0.2, 0) is 0 Å². The van der Waals surface area contributed by atoms with Crippen molar-refractivity contribution in [3.05, 3.63) is 50.4 Å². The number of rotatable bonds is 1. The summed E-state index contributed by atoms with van der Waals surface area (Å²) in [6.45, 7) is 0. The highest BCUT2D eigenvalue weighted by molar-refractivity contribution is 6.44. The fraction of sp³-hybridized carbons (Fsp3) is 0. The van der Waals surface area contributed by atoms with Gasteiger partial charge in [0.25, 0.3) is 0 Å². The van der Waals surface area contributed by atoms with E-state index in [0.717, 1.165) is 0 Å². The lowest BCUT2D eigenvalue weighted by Gasteiger charge is -2.08. The first-order chi connectivity index (χ1) is 8.00. The Labute approximate surface area is 117 Å². The normalized spacial score (nSPS) is 10.6. The molecule has 0 fully saturated rings. The van der Waals surface area contributed by atoms with Crippen LogP contribution in [0.3, 0.4) is 0 Å². The van der Waals surface area contributed by atoms with E-state index < -0.39 is 5.82 Å². The van der Waals surface area contributed by atoms with Crippen LogP contribution in [0.25, 0.3) is 11.1 Å². The highest BCUT2D eigenvalue weighted by Gasteiger charge is 2.14. The second kappa shape index (κ2) is 4.99. The molecule has 0 radical (unpaired) electrons. The van der Waals surface area contributed by atoms with Crippen LogP contribution < -0.4 is 0 Å². The van der Waals surface area contributed by atoms with Crippen molar-refractivity contribution in [1.82, 2.24) is 4.98 Å². The van der Waals surface area contributed by atoms with E-state index in [2.05, 4.69) is 4.98 Å². The predicted molar refractivity (Wildman–Crippen MR) is 69.7 cm³/mol. The molecule has 2 rings (SSSR count). The molecule has 6 heteroatoms. The molecule has 0 amide bonds. The van der Waals surface area contributed by atoms with Gasteiger partial charge in [0.05, 0.1) is 15.1 Å². The van der Waals surface area contributed by atoms with E-state index in [-0.39, 0.29) is 10.7 Å². The van der Waals surface area contributed by atoms with Gasteiger partial charge >= 0.3 is 0 Å². The van der Waals surface area contributed by atoms with Gasteiger partial charge in [0.15, 0.2) is 11.0 Å². The first kappa shape index (κ1) is 12.9. The first-order valence-corrected chi connectivity index (χ1v) is 5.97. The van der Waals surface area contributed by atoms with E-state index >= 15 is 0 Å². The predicted octanol–water partition coefficient (Wildman–Crippen LogP) is 5.50. The minimum Gasteiger partial charge on any atom is -0.242 e. The van der Waals surface area contributed by atoms with Crippen LogP contribution in [0.2, 0.25) is 20.2 Å². The summed E-state index contributed by atoms with van der Waals surface area (Å²) in [5.74, 6) is -0.644. The summed E-state index contributed by atoms with van der Waals surface area (Å²) in [5, 5.41) is 0.671. The summed E-state index contributed by atoms with van der Waals surface area (Å²) < 4.78 is 13.8. The van der Waals surface area contributed by atoms with E-state index in [9.17, 15) is 4.39 Å². The van der Waals surface area contributed by atoms with Crippen molar-refractivity contribution in [2.45, 2.75) is 0 Å². The molecule has 0 aliphatic rings. The van der Waals surface area contributed by atoms with Gasteiger partial charge in [-0.2, -0.15) is 0 Å². The van der Waals surface area contributed by atoms with Gasteiger partial charge in [-0.05, 0) is 18.2 Å². The van der Waals surface area contributed by atoms with Crippen LogP contribution in [0.5, 0.6) is 0 Å². The maximum Gasteiger partial charge on any atom is 0.168 e. The van der Waals surface area contributed by atoms with Crippen LogP contribution in [-0.4, -0.2) is 4.98 Å². The van der Waals surface area contributed by atoms with Gasteiger partial charge in [-0.1, -0.05) is 46.4 Å². The lowest BCUT2D eigenvalue weighted by Crippen LogP contribution is -1.89. The molecule has 1 aromatic carbocycles. The highest BCUT2D eigenvalue weighted by Crippen LogP contribution is 2.37. The van der Waals surface area contributed by atoms with Gasteiger partial charge in [-0.3, -0.25) is 0 Å². The summed E-state index contributed by atoms with van der Waals surface area (Å²) in [6, 6.07) is 4.40. The molecule has 1 heterocycles. The highest BCUT2D eigenvalue weighted by atomic mass is 35.5. The molecule has 0 saturated carbocycles. The average Bonchev–Trinajstić information content (AvgIpc) is 2.28. The number of pyridine rings is 1. The van der Waals surface area contributed by atoms with Crippen molar-refractivity contribution >= 4 is 46.4 Å². The molecule has 0 spiro atoms. The topological polar surface area (TPSA) is 12.9 Å². The third-order valence-electron chi connectivity index (χ3n) is 2.15.